The molecule has 0 saturated carbocycles. The second kappa shape index (κ2) is 4.57. The van der Waals surface area contributed by atoms with Crippen LogP contribution in [0.2, 0.25) is 0 Å². The normalized spacial score (nSPS) is 12.8. The minimum Gasteiger partial charge on any atom is -0.300 e. The van der Waals surface area contributed by atoms with Crippen molar-refractivity contribution >= 4 is 29.1 Å². The number of hydrogen-bond donors (Lipinski definition) is 0. The van der Waals surface area contributed by atoms with Crippen LogP contribution in [0.25, 0.3) is 0 Å². The van der Waals surface area contributed by atoms with Crippen LogP contribution in [-0.4, -0.2) is 20.4 Å². The molecule has 1 unspecified atom stereocenters. The number of carbonyl (C=O) groups excluding carboxylic acids is 1. The van der Waals surface area contributed by atoms with E-state index in [-0.39, 0.29) is 5.78 Å². The fraction of sp³-hybridized carbons (Fsp3) is 0.571. The van der Waals surface area contributed by atoms with E-state index in [0.29, 0.717) is 11.7 Å². The van der Waals surface area contributed by atoms with Crippen LogP contribution < -0.4 is 0 Å². The second-order valence-electron chi connectivity index (χ2n) is 2.54. The van der Waals surface area contributed by atoms with Gasteiger partial charge in [-0.3, -0.25) is 4.79 Å². The lowest BCUT2D eigenvalue weighted by atomic mass is 10.2. The van der Waals surface area contributed by atoms with Crippen molar-refractivity contribution in [2.45, 2.75) is 29.9 Å². The van der Waals surface area contributed by atoms with Gasteiger partial charge in [0.25, 0.3) is 0 Å². The maximum Gasteiger partial charge on any atom is 0.170 e. The van der Waals surface area contributed by atoms with E-state index in [0.717, 1.165) is 4.34 Å². The van der Waals surface area contributed by atoms with Crippen molar-refractivity contribution in [3.05, 3.63) is 6.33 Å². The zero-order valence-electron chi connectivity index (χ0n) is 6.98. The third kappa shape index (κ3) is 3.32. The first-order valence-corrected chi connectivity index (χ1v) is 5.26. The van der Waals surface area contributed by atoms with Gasteiger partial charge in [0.2, 0.25) is 0 Å². The molecule has 0 aromatic carbocycles. The predicted octanol–water partition coefficient (Wildman–Crippen LogP) is 2.00. The molecule has 0 fully saturated rings. The largest absolute Gasteiger partial charge is 0.300 e. The standard InChI is InChI=1S/C7H10N2OS2/c1-5(10)3-6(2)11-7-8-4-9-12-7/h4,6H,3H2,1-2H3. The van der Waals surface area contributed by atoms with Gasteiger partial charge < -0.3 is 0 Å². The maximum absolute atomic E-state index is 10.7. The van der Waals surface area contributed by atoms with Crippen LogP contribution in [0.1, 0.15) is 20.3 Å². The molecule has 0 aliphatic heterocycles. The van der Waals surface area contributed by atoms with Gasteiger partial charge >= 0.3 is 0 Å². The van der Waals surface area contributed by atoms with Crippen molar-refractivity contribution in [2.24, 2.45) is 0 Å². The lowest BCUT2D eigenvalue weighted by Gasteiger charge is -2.04. The van der Waals surface area contributed by atoms with Crippen molar-refractivity contribution in [1.29, 1.82) is 0 Å². The highest BCUT2D eigenvalue weighted by molar-refractivity contribution is 8.01. The van der Waals surface area contributed by atoms with E-state index in [9.17, 15) is 4.79 Å². The molecule has 0 radical (unpaired) electrons. The van der Waals surface area contributed by atoms with Gasteiger partial charge in [0.15, 0.2) is 4.34 Å². The fourth-order valence-corrected chi connectivity index (χ4v) is 2.68. The molecule has 66 valence electrons. The van der Waals surface area contributed by atoms with E-state index in [4.69, 9.17) is 0 Å². The molecule has 0 aliphatic carbocycles. The topological polar surface area (TPSA) is 42.9 Å². The van der Waals surface area contributed by atoms with E-state index in [1.807, 2.05) is 6.92 Å². The van der Waals surface area contributed by atoms with Gasteiger partial charge in [-0.2, -0.15) is 4.37 Å². The Morgan fingerprint density at radius 2 is 2.58 bits per heavy atom. The number of Topliss-reactive ketones (excluding diaryl/α,β-unsaturated/α-hetero) is 1. The summed E-state index contributed by atoms with van der Waals surface area (Å²) in [5, 5.41) is 0.301. The average molecular weight is 202 g/mol. The van der Waals surface area contributed by atoms with E-state index >= 15 is 0 Å². The van der Waals surface area contributed by atoms with E-state index in [1.54, 1.807) is 18.7 Å². The SMILES string of the molecule is CC(=O)CC(C)Sc1ncns1. The summed E-state index contributed by atoms with van der Waals surface area (Å²) in [6, 6.07) is 0. The molecule has 3 nitrogen and oxygen atoms in total. The second-order valence-corrected chi connectivity index (χ2v) is 5.01. The summed E-state index contributed by atoms with van der Waals surface area (Å²) in [5.74, 6) is 0.222. The Morgan fingerprint density at radius 1 is 1.83 bits per heavy atom. The van der Waals surface area contributed by atoms with Crippen molar-refractivity contribution in [2.75, 3.05) is 0 Å². The molecule has 1 aromatic rings. The molecule has 0 bridgehead atoms. The first kappa shape index (κ1) is 9.67. The highest BCUT2D eigenvalue weighted by atomic mass is 32.2. The highest BCUT2D eigenvalue weighted by Crippen LogP contribution is 2.25. The molecule has 0 amide bonds. The number of rotatable bonds is 4. The Hall–Kier alpha value is -0.420. The molecule has 1 rings (SSSR count). The van der Waals surface area contributed by atoms with Crippen molar-refractivity contribution in [3.8, 4) is 0 Å². The summed E-state index contributed by atoms with van der Waals surface area (Å²) >= 11 is 2.97. The van der Waals surface area contributed by atoms with Gasteiger partial charge in [-0.25, -0.2) is 4.98 Å². The molecule has 5 heteroatoms. The molecule has 0 saturated heterocycles. The summed E-state index contributed by atoms with van der Waals surface area (Å²) in [5.41, 5.74) is 0. The van der Waals surface area contributed by atoms with Crippen molar-refractivity contribution in [1.82, 2.24) is 9.36 Å². The maximum atomic E-state index is 10.7. The first-order valence-electron chi connectivity index (χ1n) is 3.61. The number of carbonyl (C=O) groups is 1. The van der Waals surface area contributed by atoms with Gasteiger partial charge in [0.05, 0.1) is 0 Å². The van der Waals surface area contributed by atoms with Gasteiger partial charge in [0, 0.05) is 11.7 Å². The lowest BCUT2D eigenvalue weighted by molar-refractivity contribution is -0.116. The quantitative estimate of drug-likeness (QED) is 0.700. The molecule has 1 atom stereocenters. The number of hydrogen-bond acceptors (Lipinski definition) is 5. The molecule has 0 spiro atoms. The smallest absolute Gasteiger partial charge is 0.170 e. The van der Waals surface area contributed by atoms with Gasteiger partial charge in [-0.05, 0) is 18.5 Å². The fourth-order valence-electron chi connectivity index (χ4n) is 0.833. The first-order chi connectivity index (χ1) is 5.68. The molecular weight excluding hydrogens is 192 g/mol. The van der Waals surface area contributed by atoms with Crippen molar-refractivity contribution < 1.29 is 4.79 Å². The summed E-state index contributed by atoms with van der Waals surface area (Å²) < 4.78 is 4.81. The Labute approximate surface area is 79.8 Å². The van der Waals surface area contributed by atoms with E-state index < -0.39 is 0 Å². The number of thioether (sulfide) groups is 1. The minimum atomic E-state index is 0.222. The Kier molecular flexibility index (Phi) is 3.68. The zero-order chi connectivity index (χ0) is 8.97. The predicted molar refractivity (Wildman–Crippen MR) is 50.5 cm³/mol. The summed E-state index contributed by atoms with van der Waals surface area (Å²) in [6.07, 6.45) is 2.14. The number of ketones is 1. The zero-order valence-corrected chi connectivity index (χ0v) is 8.61. The highest BCUT2D eigenvalue weighted by Gasteiger charge is 2.08. The summed E-state index contributed by atoms with van der Waals surface area (Å²) in [7, 11) is 0. The van der Waals surface area contributed by atoms with Crippen LogP contribution in [-0.2, 0) is 4.79 Å². The summed E-state index contributed by atoms with van der Waals surface area (Å²) in [6.45, 7) is 3.63. The molecule has 0 aliphatic rings. The van der Waals surface area contributed by atoms with Gasteiger partial charge in [-0.15, -0.1) is 0 Å². The van der Waals surface area contributed by atoms with Gasteiger partial charge in [0.1, 0.15) is 12.1 Å². The van der Waals surface area contributed by atoms with Crippen LogP contribution in [0, 0.1) is 0 Å². The molecular formula is C7H10N2OS2. The molecule has 12 heavy (non-hydrogen) atoms. The minimum absolute atomic E-state index is 0.222. The Morgan fingerprint density at radius 3 is 3.08 bits per heavy atom. The molecule has 1 aromatic heterocycles. The van der Waals surface area contributed by atoms with Gasteiger partial charge in [-0.1, -0.05) is 18.7 Å². The lowest BCUT2D eigenvalue weighted by Crippen LogP contribution is -2.02. The number of nitrogens with zero attached hydrogens (tertiary/aromatic N) is 2. The number of aromatic nitrogens is 2. The van der Waals surface area contributed by atoms with Crippen LogP contribution >= 0.6 is 23.3 Å². The van der Waals surface area contributed by atoms with Crippen LogP contribution in [0.3, 0.4) is 0 Å². The third-order valence-electron chi connectivity index (χ3n) is 1.22. The third-order valence-corrected chi connectivity index (χ3v) is 3.07. The van der Waals surface area contributed by atoms with Crippen LogP contribution in [0.5, 0.6) is 0 Å². The van der Waals surface area contributed by atoms with Crippen LogP contribution in [0.15, 0.2) is 10.7 Å². The van der Waals surface area contributed by atoms with Crippen molar-refractivity contribution in [3.63, 3.8) is 0 Å². The average Bonchev–Trinajstić information content (AvgIpc) is 2.37. The molecule has 1 heterocycles. The monoisotopic (exact) mass is 202 g/mol. The Bertz CT molecular complexity index is 248. The molecule has 0 N–H and O–H groups in total. The Balaban J connectivity index is 2.36. The van der Waals surface area contributed by atoms with Crippen LogP contribution in [0.4, 0.5) is 0 Å². The summed E-state index contributed by atoms with van der Waals surface area (Å²) in [4.78, 5) is 14.8. The van der Waals surface area contributed by atoms with E-state index in [1.165, 1.54) is 17.9 Å². The van der Waals surface area contributed by atoms with E-state index in [2.05, 4.69) is 9.36 Å².